The van der Waals surface area contributed by atoms with Crippen LogP contribution in [0.25, 0.3) is 65.3 Å². The fourth-order valence-corrected chi connectivity index (χ4v) is 7.16. The maximum absolute atomic E-state index is 2.42. The molecule has 0 unspecified atom stereocenters. The van der Waals surface area contributed by atoms with Crippen molar-refractivity contribution < 1.29 is 0 Å². The zero-order valence-corrected chi connectivity index (χ0v) is 25.8. The molecule has 0 bridgehead atoms. The molecule has 0 aliphatic rings. The van der Waals surface area contributed by atoms with Gasteiger partial charge in [-0.05, 0) is 90.1 Å². The number of nitrogens with zero attached hydrogens (tertiary/aromatic N) is 1. The highest BCUT2D eigenvalue weighted by Crippen LogP contribution is 2.44. The number of para-hydroxylation sites is 1. The van der Waals surface area contributed by atoms with E-state index in [-0.39, 0.29) is 0 Å². The van der Waals surface area contributed by atoms with Gasteiger partial charge in [0, 0.05) is 16.9 Å². The van der Waals surface area contributed by atoms with Gasteiger partial charge in [-0.1, -0.05) is 158 Å². The molecule has 47 heavy (non-hydrogen) atoms. The van der Waals surface area contributed by atoms with E-state index in [0.717, 1.165) is 17.1 Å². The van der Waals surface area contributed by atoms with E-state index in [1.807, 2.05) is 0 Å². The highest BCUT2D eigenvalue weighted by atomic mass is 15.1. The molecule has 0 saturated carbocycles. The summed E-state index contributed by atoms with van der Waals surface area (Å²) in [5.41, 5.74) is 8.21. The molecule has 0 amide bonds. The van der Waals surface area contributed by atoms with Crippen molar-refractivity contribution in [1.82, 2.24) is 0 Å². The van der Waals surface area contributed by atoms with Crippen LogP contribution >= 0.6 is 0 Å². The Kier molecular flexibility index (Phi) is 6.54. The zero-order valence-electron chi connectivity index (χ0n) is 25.8. The van der Waals surface area contributed by atoms with Crippen LogP contribution in [0.3, 0.4) is 0 Å². The monoisotopic (exact) mass is 597 g/mol. The summed E-state index contributed by atoms with van der Waals surface area (Å²) in [6.45, 7) is 0. The topological polar surface area (TPSA) is 3.24 Å². The maximum atomic E-state index is 2.42. The molecule has 0 N–H and O–H groups in total. The van der Waals surface area contributed by atoms with Crippen molar-refractivity contribution in [3.63, 3.8) is 0 Å². The summed E-state index contributed by atoms with van der Waals surface area (Å²) in [5.74, 6) is 0. The van der Waals surface area contributed by atoms with Crippen LogP contribution in [-0.2, 0) is 0 Å². The molecule has 9 rings (SSSR count). The third-order valence-electron chi connectivity index (χ3n) is 9.44. The van der Waals surface area contributed by atoms with E-state index in [9.17, 15) is 0 Å². The molecule has 9 aromatic carbocycles. The molecule has 0 saturated heterocycles. The largest absolute Gasteiger partial charge is 0.310 e. The second-order valence-corrected chi connectivity index (χ2v) is 12.1. The van der Waals surface area contributed by atoms with E-state index in [2.05, 4.69) is 193 Å². The minimum Gasteiger partial charge on any atom is -0.310 e. The molecule has 0 atom stereocenters. The average Bonchev–Trinajstić information content (AvgIpc) is 3.15. The predicted octanol–water partition coefficient (Wildman–Crippen LogP) is 13.1. The minimum absolute atomic E-state index is 1.11. The van der Waals surface area contributed by atoms with E-state index in [1.54, 1.807) is 0 Å². The van der Waals surface area contributed by atoms with Crippen LogP contribution in [0, 0.1) is 0 Å². The number of anilines is 3. The average molecular weight is 598 g/mol. The molecule has 0 spiro atoms. The van der Waals surface area contributed by atoms with Crippen LogP contribution in [0.5, 0.6) is 0 Å². The summed E-state index contributed by atoms with van der Waals surface area (Å²) in [5, 5.41) is 10.1. The van der Waals surface area contributed by atoms with Crippen molar-refractivity contribution in [3.05, 3.63) is 188 Å². The Morgan fingerprint density at radius 2 is 0.809 bits per heavy atom. The van der Waals surface area contributed by atoms with Gasteiger partial charge in [-0.15, -0.1) is 0 Å². The second kappa shape index (κ2) is 11.3. The molecule has 9 aromatic rings. The lowest BCUT2D eigenvalue weighted by atomic mass is 9.95. The van der Waals surface area contributed by atoms with Gasteiger partial charge in [-0.25, -0.2) is 0 Å². The van der Waals surface area contributed by atoms with Crippen molar-refractivity contribution in [3.8, 4) is 22.3 Å². The first-order chi connectivity index (χ1) is 23.3. The molecule has 0 radical (unpaired) electrons. The summed E-state index contributed by atoms with van der Waals surface area (Å²) in [4.78, 5) is 2.42. The molecule has 0 aliphatic carbocycles. The first kappa shape index (κ1) is 27.2. The quantitative estimate of drug-likeness (QED) is 0.178. The second-order valence-electron chi connectivity index (χ2n) is 12.1. The number of fused-ring (bicyclic) bond motifs is 6. The van der Waals surface area contributed by atoms with Gasteiger partial charge in [-0.3, -0.25) is 0 Å². The number of hydrogen-bond donors (Lipinski definition) is 0. The molecule has 0 aromatic heterocycles. The summed E-state index contributed by atoms with van der Waals surface area (Å²) in [6.07, 6.45) is 0. The van der Waals surface area contributed by atoms with Crippen molar-refractivity contribution >= 4 is 60.2 Å². The number of benzene rings is 9. The van der Waals surface area contributed by atoms with Gasteiger partial charge in [-0.2, -0.15) is 0 Å². The Bertz CT molecular complexity index is 2560. The van der Waals surface area contributed by atoms with Gasteiger partial charge in [0.25, 0.3) is 0 Å². The van der Waals surface area contributed by atoms with Gasteiger partial charge in [0.2, 0.25) is 0 Å². The van der Waals surface area contributed by atoms with Crippen LogP contribution in [0.1, 0.15) is 0 Å². The van der Waals surface area contributed by atoms with Gasteiger partial charge < -0.3 is 4.90 Å². The maximum Gasteiger partial charge on any atom is 0.0540 e. The predicted molar refractivity (Wildman–Crippen MR) is 202 cm³/mol. The number of hydrogen-bond acceptors (Lipinski definition) is 1. The summed E-state index contributed by atoms with van der Waals surface area (Å²) in [7, 11) is 0. The molecule has 0 heterocycles. The molecular weight excluding hydrogens is 567 g/mol. The van der Waals surface area contributed by atoms with E-state index >= 15 is 0 Å². The lowest BCUT2D eigenvalue weighted by molar-refractivity contribution is 1.29. The molecule has 1 heteroatoms. The number of rotatable bonds is 5. The Morgan fingerprint density at radius 3 is 1.62 bits per heavy atom. The van der Waals surface area contributed by atoms with E-state index in [1.165, 1.54) is 65.3 Å². The fourth-order valence-electron chi connectivity index (χ4n) is 7.16. The minimum atomic E-state index is 1.11. The first-order valence-electron chi connectivity index (χ1n) is 16.2. The fraction of sp³-hybridized carbons (Fsp3) is 0. The third-order valence-corrected chi connectivity index (χ3v) is 9.44. The first-order valence-corrected chi connectivity index (χ1v) is 16.2. The molecule has 1 nitrogen and oxygen atoms in total. The van der Waals surface area contributed by atoms with Crippen molar-refractivity contribution in [2.45, 2.75) is 0 Å². The van der Waals surface area contributed by atoms with Crippen LogP contribution < -0.4 is 4.90 Å². The van der Waals surface area contributed by atoms with Gasteiger partial charge in [0.05, 0.1) is 5.69 Å². The summed E-state index contributed by atoms with van der Waals surface area (Å²) in [6, 6.07) is 68.3. The normalized spacial score (nSPS) is 11.4. The summed E-state index contributed by atoms with van der Waals surface area (Å²) >= 11 is 0. The van der Waals surface area contributed by atoms with Crippen LogP contribution in [0.2, 0.25) is 0 Å². The Morgan fingerprint density at radius 1 is 0.277 bits per heavy atom. The standard InChI is InChI=1S/C46H31N/c1-2-11-32(12-3-1)33-21-26-37(27-22-33)47(46-20-9-8-18-44(46)41-19-10-15-34-13-4-6-16-39(34)41)38-28-23-36-25-29-42-40-17-7-5-14-35(40)24-30-43(42)45(36)31-38/h1-31H. The lowest BCUT2D eigenvalue weighted by Gasteiger charge is -2.29. The van der Waals surface area contributed by atoms with Crippen LogP contribution in [0.4, 0.5) is 17.1 Å². The van der Waals surface area contributed by atoms with Crippen molar-refractivity contribution in [2.75, 3.05) is 4.90 Å². The SMILES string of the molecule is c1ccc(-c2ccc(N(c3ccc4ccc5c6ccccc6ccc5c4c3)c3ccccc3-c3cccc4ccccc34)cc2)cc1. The highest BCUT2D eigenvalue weighted by Gasteiger charge is 2.19. The van der Waals surface area contributed by atoms with Gasteiger partial charge in [0.15, 0.2) is 0 Å². The highest BCUT2D eigenvalue weighted by molar-refractivity contribution is 6.18. The molecular formula is C46H31N. The van der Waals surface area contributed by atoms with Gasteiger partial charge >= 0.3 is 0 Å². The van der Waals surface area contributed by atoms with Crippen LogP contribution in [-0.4, -0.2) is 0 Å². The molecule has 0 fully saturated rings. The van der Waals surface area contributed by atoms with Crippen molar-refractivity contribution in [2.24, 2.45) is 0 Å². The van der Waals surface area contributed by atoms with Gasteiger partial charge in [0.1, 0.15) is 0 Å². The molecule has 0 aliphatic heterocycles. The zero-order chi connectivity index (χ0) is 31.2. The summed E-state index contributed by atoms with van der Waals surface area (Å²) < 4.78 is 0. The lowest BCUT2D eigenvalue weighted by Crippen LogP contribution is -2.11. The third kappa shape index (κ3) is 4.72. The van der Waals surface area contributed by atoms with E-state index < -0.39 is 0 Å². The smallest absolute Gasteiger partial charge is 0.0540 e. The Balaban J connectivity index is 1.29. The Labute approximate surface area is 274 Å². The van der Waals surface area contributed by atoms with Crippen molar-refractivity contribution in [1.29, 1.82) is 0 Å². The Hall–Kier alpha value is -6.18. The molecule has 220 valence electrons. The van der Waals surface area contributed by atoms with E-state index in [0.29, 0.717) is 0 Å². The van der Waals surface area contributed by atoms with Crippen LogP contribution in [0.15, 0.2) is 188 Å². The van der Waals surface area contributed by atoms with E-state index in [4.69, 9.17) is 0 Å².